The van der Waals surface area contributed by atoms with Gasteiger partial charge in [-0.05, 0) is 31.1 Å². The van der Waals surface area contributed by atoms with Crippen LogP contribution < -0.4 is 5.32 Å². The lowest BCUT2D eigenvalue weighted by molar-refractivity contribution is -0.134. The molecule has 1 heterocycles. The Hall–Kier alpha value is -0.570. The molecule has 1 saturated carbocycles. The van der Waals surface area contributed by atoms with Crippen LogP contribution in [0.2, 0.25) is 0 Å². The van der Waals surface area contributed by atoms with Crippen molar-refractivity contribution in [1.82, 2.24) is 10.2 Å². The number of nitrogens with one attached hydrogen (secondary N) is 1. The zero-order valence-corrected chi connectivity index (χ0v) is 13.7. The van der Waals surface area contributed by atoms with Gasteiger partial charge in [-0.15, -0.1) is 0 Å². The van der Waals surface area contributed by atoms with Crippen LogP contribution >= 0.6 is 0 Å². The number of carbonyl (C=O) groups excluding carboxylic acids is 1. The first kappa shape index (κ1) is 15.8. The number of carbonyl (C=O) groups is 1. The fourth-order valence-electron chi connectivity index (χ4n) is 3.93. The number of rotatable bonds is 4. The molecule has 0 aromatic heterocycles. The first-order valence-corrected chi connectivity index (χ1v) is 8.64. The summed E-state index contributed by atoms with van der Waals surface area (Å²) in [5, 5.41) is 3.61. The van der Waals surface area contributed by atoms with Gasteiger partial charge in [-0.25, -0.2) is 0 Å². The largest absolute Gasteiger partial charge is 0.323 e. The summed E-state index contributed by atoms with van der Waals surface area (Å²) in [5.74, 6) is 1.39. The lowest BCUT2D eigenvalue weighted by atomic mass is 9.94. The molecule has 0 spiro atoms. The molecule has 2 aliphatic rings. The fourth-order valence-corrected chi connectivity index (χ4v) is 3.93. The molecule has 3 heteroatoms. The average Bonchev–Trinajstić information content (AvgIpc) is 2.57. The molecule has 2 rings (SSSR count). The zero-order valence-electron chi connectivity index (χ0n) is 13.7. The van der Waals surface area contributed by atoms with Gasteiger partial charge < -0.3 is 4.90 Å². The molecule has 0 bridgehead atoms. The predicted octanol–water partition coefficient (Wildman–Crippen LogP) is 3.54. The van der Waals surface area contributed by atoms with E-state index in [0.29, 0.717) is 23.8 Å². The Kier molecular flexibility index (Phi) is 5.48. The SMILES string of the molecule is CCCC1NC(C(C)C)C(=O)N1C1CCCCCC1C. The van der Waals surface area contributed by atoms with Crippen molar-refractivity contribution in [2.75, 3.05) is 0 Å². The summed E-state index contributed by atoms with van der Waals surface area (Å²) in [5.41, 5.74) is 0. The van der Waals surface area contributed by atoms with Gasteiger partial charge >= 0.3 is 0 Å². The maximum atomic E-state index is 12.9. The van der Waals surface area contributed by atoms with Crippen molar-refractivity contribution >= 4 is 5.91 Å². The van der Waals surface area contributed by atoms with E-state index in [1.54, 1.807) is 0 Å². The van der Waals surface area contributed by atoms with Crippen LogP contribution in [0, 0.1) is 11.8 Å². The van der Waals surface area contributed by atoms with Gasteiger partial charge in [0.1, 0.15) is 0 Å². The molecule has 1 aliphatic carbocycles. The van der Waals surface area contributed by atoms with Gasteiger partial charge in [-0.3, -0.25) is 10.1 Å². The first-order valence-electron chi connectivity index (χ1n) is 8.64. The Morgan fingerprint density at radius 3 is 2.60 bits per heavy atom. The van der Waals surface area contributed by atoms with E-state index in [-0.39, 0.29) is 12.2 Å². The molecule has 116 valence electrons. The molecule has 20 heavy (non-hydrogen) atoms. The maximum absolute atomic E-state index is 12.9. The molecule has 1 N–H and O–H groups in total. The Morgan fingerprint density at radius 2 is 1.95 bits per heavy atom. The Balaban J connectivity index is 2.18. The fraction of sp³-hybridized carbons (Fsp3) is 0.941. The van der Waals surface area contributed by atoms with Crippen LogP contribution in [0.15, 0.2) is 0 Å². The number of nitrogens with zero attached hydrogens (tertiary/aromatic N) is 1. The second kappa shape index (κ2) is 6.93. The number of hydrogen-bond acceptors (Lipinski definition) is 2. The maximum Gasteiger partial charge on any atom is 0.241 e. The summed E-state index contributed by atoms with van der Waals surface area (Å²) in [6.45, 7) is 8.86. The van der Waals surface area contributed by atoms with Crippen molar-refractivity contribution in [3.05, 3.63) is 0 Å². The van der Waals surface area contributed by atoms with Crippen LogP contribution in [-0.2, 0) is 4.79 Å². The topological polar surface area (TPSA) is 32.3 Å². The van der Waals surface area contributed by atoms with E-state index in [0.717, 1.165) is 12.8 Å². The highest BCUT2D eigenvalue weighted by molar-refractivity contribution is 5.85. The molecule has 0 aromatic rings. The van der Waals surface area contributed by atoms with Gasteiger partial charge in [0.25, 0.3) is 0 Å². The molecular formula is C17H32N2O. The van der Waals surface area contributed by atoms with Crippen molar-refractivity contribution in [2.45, 2.75) is 90.9 Å². The first-order chi connectivity index (χ1) is 9.56. The van der Waals surface area contributed by atoms with Crippen LogP contribution in [0.25, 0.3) is 0 Å². The van der Waals surface area contributed by atoms with Gasteiger partial charge in [0.2, 0.25) is 5.91 Å². The van der Waals surface area contributed by atoms with Crippen LogP contribution in [-0.4, -0.2) is 29.1 Å². The smallest absolute Gasteiger partial charge is 0.241 e. The van der Waals surface area contributed by atoms with Crippen LogP contribution in [0.3, 0.4) is 0 Å². The van der Waals surface area contributed by atoms with E-state index in [1.807, 2.05) is 0 Å². The van der Waals surface area contributed by atoms with Crippen LogP contribution in [0.4, 0.5) is 0 Å². The molecule has 4 unspecified atom stereocenters. The second-order valence-corrected chi connectivity index (χ2v) is 7.12. The summed E-state index contributed by atoms with van der Waals surface area (Å²) < 4.78 is 0. The zero-order chi connectivity index (χ0) is 14.7. The molecule has 3 nitrogen and oxygen atoms in total. The summed E-state index contributed by atoms with van der Waals surface area (Å²) in [7, 11) is 0. The molecule has 2 fully saturated rings. The monoisotopic (exact) mass is 280 g/mol. The van der Waals surface area contributed by atoms with Gasteiger partial charge in [-0.2, -0.15) is 0 Å². The molecular weight excluding hydrogens is 248 g/mol. The highest BCUT2D eigenvalue weighted by Crippen LogP contribution is 2.32. The Bertz CT molecular complexity index is 329. The third kappa shape index (κ3) is 3.19. The molecule has 0 radical (unpaired) electrons. The minimum Gasteiger partial charge on any atom is -0.323 e. The van der Waals surface area contributed by atoms with Crippen molar-refractivity contribution in [1.29, 1.82) is 0 Å². The van der Waals surface area contributed by atoms with Crippen molar-refractivity contribution in [3.63, 3.8) is 0 Å². The third-order valence-electron chi connectivity index (χ3n) is 5.13. The normalized spacial score (nSPS) is 35.6. The molecule has 0 aromatic carbocycles. The minimum atomic E-state index is 0.0296. The molecule has 1 amide bonds. The Labute approximate surface area is 124 Å². The van der Waals surface area contributed by atoms with Gasteiger partial charge in [0, 0.05) is 6.04 Å². The van der Waals surface area contributed by atoms with Gasteiger partial charge in [0.15, 0.2) is 0 Å². The summed E-state index contributed by atoms with van der Waals surface area (Å²) in [4.78, 5) is 15.1. The summed E-state index contributed by atoms with van der Waals surface area (Å²) in [6.07, 6.45) is 8.90. The minimum absolute atomic E-state index is 0.0296. The van der Waals surface area contributed by atoms with E-state index in [1.165, 1.54) is 32.1 Å². The molecule has 4 atom stereocenters. The Morgan fingerprint density at radius 1 is 1.25 bits per heavy atom. The summed E-state index contributed by atoms with van der Waals surface area (Å²) >= 11 is 0. The summed E-state index contributed by atoms with van der Waals surface area (Å²) in [6, 6.07) is 0.486. The highest BCUT2D eigenvalue weighted by Gasteiger charge is 2.44. The van der Waals surface area contributed by atoms with E-state index in [4.69, 9.17) is 0 Å². The van der Waals surface area contributed by atoms with Gasteiger partial charge in [-0.1, -0.05) is 53.4 Å². The van der Waals surface area contributed by atoms with E-state index in [9.17, 15) is 4.79 Å². The standard InChI is InChI=1S/C17H32N2O/c1-5-9-15-18-16(12(2)3)17(20)19(15)14-11-8-6-7-10-13(14)4/h12-16,18H,5-11H2,1-4H3. The molecule has 1 saturated heterocycles. The van der Waals surface area contributed by atoms with Gasteiger partial charge in [0.05, 0.1) is 12.2 Å². The third-order valence-corrected chi connectivity index (χ3v) is 5.13. The highest BCUT2D eigenvalue weighted by atomic mass is 16.2. The van der Waals surface area contributed by atoms with Crippen LogP contribution in [0.1, 0.15) is 72.6 Å². The van der Waals surface area contributed by atoms with E-state index >= 15 is 0 Å². The second-order valence-electron chi connectivity index (χ2n) is 7.12. The molecule has 1 aliphatic heterocycles. The lowest BCUT2D eigenvalue weighted by Crippen LogP contribution is -2.47. The van der Waals surface area contributed by atoms with Crippen LogP contribution in [0.5, 0.6) is 0 Å². The predicted molar refractivity (Wildman–Crippen MR) is 83.3 cm³/mol. The van der Waals surface area contributed by atoms with Crippen molar-refractivity contribution in [2.24, 2.45) is 11.8 Å². The van der Waals surface area contributed by atoms with Crippen molar-refractivity contribution in [3.8, 4) is 0 Å². The average molecular weight is 280 g/mol. The number of amides is 1. The number of hydrogen-bond donors (Lipinski definition) is 1. The van der Waals surface area contributed by atoms with E-state index in [2.05, 4.69) is 37.9 Å². The quantitative estimate of drug-likeness (QED) is 0.799. The lowest BCUT2D eigenvalue weighted by Gasteiger charge is -2.36. The van der Waals surface area contributed by atoms with E-state index < -0.39 is 0 Å². The van der Waals surface area contributed by atoms with Crippen molar-refractivity contribution < 1.29 is 4.79 Å².